The van der Waals surface area contributed by atoms with Gasteiger partial charge in [-0.25, -0.2) is 4.79 Å². The average molecular weight is 375 g/mol. The Bertz CT molecular complexity index is 646. The smallest absolute Gasteiger partial charge is 0.315 e. The van der Waals surface area contributed by atoms with Crippen LogP contribution < -0.4 is 25.2 Å². The van der Waals surface area contributed by atoms with Gasteiger partial charge in [0.25, 0.3) is 0 Å². The van der Waals surface area contributed by atoms with Crippen LogP contribution in [0, 0.1) is 0 Å². The molecule has 7 nitrogen and oxygen atoms in total. The topological polar surface area (TPSA) is 75.1 Å². The molecule has 0 aromatic heterocycles. The lowest BCUT2D eigenvalue weighted by Crippen LogP contribution is -3.12. The third-order valence-electron chi connectivity index (χ3n) is 5.38. The first kappa shape index (κ1) is 19.5. The molecule has 3 amide bonds. The maximum Gasteiger partial charge on any atom is 0.315 e. The monoisotopic (exact) mass is 375 g/mol. The number of amides is 3. The lowest BCUT2D eigenvalue weighted by molar-refractivity contribution is -0.904. The van der Waals surface area contributed by atoms with Crippen LogP contribution in [0.2, 0.25) is 0 Å². The lowest BCUT2D eigenvalue weighted by atomic mass is 10.1. The summed E-state index contributed by atoms with van der Waals surface area (Å²) in [7, 11) is 1.60. The molecular formula is C20H31N4O3+. The molecule has 2 saturated heterocycles. The normalized spacial score (nSPS) is 20.6. The maximum atomic E-state index is 12.3. The Morgan fingerprint density at radius 2 is 2.11 bits per heavy atom. The van der Waals surface area contributed by atoms with Gasteiger partial charge in [-0.05, 0) is 31.4 Å². The van der Waals surface area contributed by atoms with Crippen molar-refractivity contribution in [2.45, 2.75) is 38.1 Å². The summed E-state index contributed by atoms with van der Waals surface area (Å²) >= 11 is 0. The molecule has 1 atom stereocenters. The highest BCUT2D eigenvalue weighted by molar-refractivity contribution is 5.97. The standard InChI is InChI=1S/C20H30N4O3/c1-27-18-8-5-7-17(14-18)24-15-16(13-19(24)25)22-20(26)21-9-6-12-23-10-3-2-4-11-23/h5,7-8,14,16H,2-4,6,9-13,15H2,1H3,(H2,21,22,26)/p+1/t16-/m1/s1. The largest absolute Gasteiger partial charge is 0.497 e. The second-order valence-electron chi connectivity index (χ2n) is 7.42. The fourth-order valence-corrected chi connectivity index (χ4v) is 3.91. The predicted molar refractivity (Wildman–Crippen MR) is 104 cm³/mol. The van der Waals surface area contributed by atoms with E-state index in [0.717, 1.165) is 18.7 Å². The molecule has 0 spiro atoms. The van der Waals surface area contributed by atoms with E-state index in [-0.39, 0.29) is 18.0 Å². The summed E-state index contributed by atoms with van der Waals surface area (Å²) in [6.45, 7) is 4.80. The molecular weight excluding hydrogens is 344 g/mol. The molecule has 0 aliphatic carbocycles. The molecule has 2 heterocycles. The summed E-state index contributed by atoms with van der Waals surface area (Å²) in [4.78, 5) is 27.8. The maximum absolute atomic E-state index is 12.3. The predicted octanol–water partition coefficient (Wildman–Crippen LogP) is 0.559. The number of nitrogens with one attached hydrogen (secondary N) is 3. The SMILES string of the molecule is COc1cccc(N2C[C@H](NC(=O)NCCC[NH+]3CCCCC3)CC2=O)c1. The quantitative estimate of drug-likeness (QED) is 0.610. The number of nitrogens with zero attached hydrogens (tertiary/aromatic N) is 1. The molecule has 148 valence electrons. The second-order valence-corrected chi connectivity index (χ2v) is 7.42. The first-order chi connectivity index (χ1) is 13.2. The van der Waals surface area contributed by atoms with Gasteiger partial charge in [-0.3, -0.25) is 4.79 Å². The first-order valence-corrected chi connectivity index (χ1v) is 9.98. The Kier molecular flexibility index (Phi) is 6.92. The number of piperidine rings is 1. The summed E-state index contributed by atoms with van der Waals surface area (Å²) in [5.41, 5.74) is 0.800. The number of carbonyl (C=O) groups is 2. The molecule has 27 heavy (non-hydrogen) atoms. The fraction of sp³-hybridized carbons (Fsp3) is 0.600. The first-order valence-electron chi connectivity index (χ1n) is 9.98. The van der Waals surface area contributed by atoms with Crippen LogP contribution >= 0.6 is 0 Å². The number of urea groups is 1. The van der Waals surface area contributed by atoms with Gasteiger partial charge in [0.1, 0.15) is 5.75 Å². The molecule has 0 radical (unpaired) electrons. The number of anilines is 1. The lowest BCUT2D eigenvalue weighted by Gasteiger charge is -2.23. The van der Waals surface area contributed by atoms with Gasteiger partial charge >= 0.3 is 6.03 Å². The van der Waals surface area contributed by atoms with Gasteiger partial charge in [-0.1, -0.05) is 6.07 Å². The summed E-state index contributed by atoms with van der Waals surface area (Å²) in [5.74, 6) is 0.729. The molecule has 2 aliphatic rings. The minimum atomic E-state index is -0.186. The second kappa shape index (κ2) is 9.60. The van der Waals surface area contributed by atoms with E-state index in [2.05, 4.69) is 10.6 Å². The van der Waals surface area contributed by atoms with Gasteiger partial charge < -0.3 is 25.2 Å². The molecule has 1 aromatic carbocycles. The number of hydrogen-bond donors (Lipinski definition) is 3. The highest BCUT2D eigenvalue weighted by Crippen LogP contribution is 2.25. The number of ether oxygens (including phenoxy) is 1. The number of rotatable bonds is 7. The van der Waals surface area contributed by atoms with E-state index in [0.29, 0.717) is 25.3 Å². The Balaban J connectivity index is 1.39. The third kappa shape index (κ3) is 5.60. The van der Waals surface area contributed by atoms with Gasteiger partial charge in [0.05, 0.1) is 32.8 Å². The molecule has 2 aliphatic heterocycles. The van der Waals surface area contributed by atoms with Crippen molar-refractivity contribution in [2.24, 2.45) is 0 Å². The van der Waals surface area contributed by atoms with Gasteiger partial charge in [-0.2, -0.15) is 0 Å². The van der Waals surface area contributed by atoms with E-state index >= 15 is 0 Å². The zero-order valence-corrected chi connectivity index (χ0v) is 16.1. The minimum Gasteiger partial charge on any atom is -0.497 e. The Morgan fingerprint density at radius 3 is 2.89 bits per heavy atom. The molecule has 0 saturated carbocycles. The van der Waals surface area contributed by atoms with Crippen LogP contribution in [0.4, 0.5) is 10.5 Å². The Morgan fingerprint density at radius 1 is 1.30 bits per heavy atom. The van der Waals surface area contributed by atoms with Crippen LogP contribution in [-0.4, -0.2) is 57.8 Å². The number of carbonyl (C=O) groups excluding carboxylic acids is 2. The van der Waals surface area contributed by atoms with Crippen molar-refractivity contribution >= 4 is 17.6 Å². The fourth-order valence-electron chi connectivity index (χ4n) is 3.91. The number of benzene rings is 1. The molecule has 2 fully saturated rings. The summed E-state index contributed by atoms with van der Waals surface area (Å²) in [6, 6.07) is 7.07. The number of methoxy groups -OCH3 is 1. The summed E-state index contributed by atoms with van der Waals surface area (Å²) in [6.07, 6.45) is 5.31. The zero-order valence-electron chi connectivity index (χ0n) is 16.1. The van der Waals surface area contributed by atoms with Crippen LogP contribution in [0.5, 0.6) is 5.75 Å². The van der Waals surface area contributed by atoms with Crippen molar-refractivity contribution in [1.29, 1.82) is 0 Å². The zero-order chi connectivity index (χ0) is 19.1. The minimum absolute atomic E-state index is 0.0160. The van der Waals surface area contributed by atoms with E-state index in [1.165, 1.54) is 32.4 Å². The molecule has 3 rings (SSSR count). The van der Waals surface area contributed by atoms with Crippen molar-refractivity contribution in [3.8, 4) is 5.75 Å². The van der Waals surface area contributed by atoms with Crippen LogP contribution in [-0.2, 0) is 4.79 Å². The number of likely N-dealkylation sites (tertiary alicyclic amines) is 1. The van der Waals surface area contributed by atoms with Gasteiger partial charge in [0.15, 0.2) is 0 Å². The van der Waals surface area contributed by atoms with Crippen molar-refractivity contribution in [3.63, 3.8) is 0 Å². The van der Waals surface area contributed by atoms with E-state index in [1.807, 2.05) is 24.3 Å². The molecule has 0 bridgehead atoms. The average Bonchev–Trinajstić information content (AvgIpc) is 3.06. The van der Waals surface area contributed by atoms with Gasteiger partial charge in [0, 0.05) is 37.7 Å². The highest BCUT2D eigenvalue weighted by Gasteiger charge is 2.31. The van der Waals surface area contributed by atoms with Crippen molar-refractivity contribution < 1.29 is 19.2 Å². The Labute approximate surface area is 161 Å². The molecule has 0 unspecified atom stereocenters. The van der Waals surface area contributed by atoms with E-state index in [1.54, 1.807) is 16.9 Å². The third-order valence-corrected chi connectivity index (χ3v) is 5.38. The number of hydrogen-bond acceptors (Lipinski definition) is 3. The molecule has 7 heteroatoms. The summed E-state index contributed by atoms with van der Waals surface area (Å²) in [5, 5.41) is 5.85. The van der Waals surface area contributed by atoms with Crippen molar-refractivity contribution in [1.82, 2.24) is 10.6 Å². The van der Waals surface area contributed by atoms with E-state index in [9.17, 15) is 9.59 Å². The van der Waals surface area contributed by atoms with Gasteiger partial charge in [0.2, 0.25) is 5.91 Å². The molecule has 3 N–H and O–H groups in total. The Hall–Kier alpha value is -2.28. The van der Waals surface area contributed by atoms with Crippen LogP contribution in [0.15, 0.2) is 24.3 Å². The van der Waals surface area contributed by atoms with Crippen LogP contribution in [0.3, 0.4) is 0 Å². The van der Waals surface area contributed by atoms with Gasteiger partial charge in [-0.15, -0.1) is 0 Å². The van der Waals surface area contributed by atoms with E-state index < -0.39 is 0 Å². The highest BCUT2D eigenvalue weighted by atomic mass is 16.5. The van der Waals surface area contributed by atoms with E-state index in [4.69, 9.17) is 4.74 Å². The van der Waals surface area contributed by atoms with Crippen LogP contribution in [0.1, 0.15) is 32.1 Å². The van der Waals surface area contributed by atoms with Crippen molar-refractivity contribution in [3.05, 3.63) is 24.3 Å². The molecule has 1 aromatic rings. The van der Waals surface area contributed by atoms with Crippen LogP contribution in [0.25, 0.3) is 0 Å². The van der Waals surface area contributed by atoms with Crippen molar-refractivity contribution in [2.75, 3.05) is 44.7 Å². The summed E-state index contributed by atoms with van der Waals surface area (Å²) < 4.78 is 5.22. The number of quaternary nitrogens is 1.